The molecular weight excluding hydrogens is 465 g/mol. The molecule has 9 nitrogen and oxygen atoms in total. The van der Waals surface area contributed by atoms with Crippen molar-refractivity contribution >= 4 is 27.5 Å². The fraction of sp³-hybridized carbons (Fsp3) is 0.391. The van der Waals surface area contributed by atoms with Crippen molar-refractivity contribution in [2.45, 2.75) is 39.4 Å². The molecule has 2 aromatic rings. The van der Waals surface area contributed by atoms with Crippen molar-refractivity contribution in [1.29, 1.82) is 0 Å². The zero-order valence-electron chi connectivity index (χ0n) is 19.4. The van der Waals surface area contributed by atoms with Gasteiger partial charge in [-0.3, -0.25) is 13.9 Å². The molecule has 11 heteroatoms. The first kappa shape index (κ1) is 25.3. The van der Waals surface area contributed by atoms with Crippen LogP contribution >= 0.6 is 0 Å². The maximum atomic E-state index is 14.4. The highest BCUT2D eigenvalue weighted by Gasteiger charge is 2.31. The summed E-state index contributed by atoms with van der Waals surface area (Å²) in [6, 6.07) is 9.26. The number of amides is 2. The molecule has 0 saturated heterocycles. The van der Waals surface area contributed by atoms with Gasteiger partial charge in [0, 0.05) is 24.2 Å². The van der Waals surface area contributed by atoms with Gasteiger partial charge in [0.15, 0.2) is 11.5 Å². The van der Waals surface area contributed by atoms with E-state index in [-0.39, 0.29) is 30.6 Å². The lowest BCUT2D eigenvalue weighted by Crippen LogP contribution is -2.52. The molecule has 3 rings (SSSR count). The lowest BCUT2D eigenvalue weighted by atomic mass is 10.1. The fourth-order valence-electron chi connectivity index (χ4n) is 3.45. The third-order valence-corrected chi connectivity index (χ3v) is 6.36. The van der Waals surface area contributed by atoms with Crippen molar-refractivity contribution in [3.8, 4) is 11.5 Å². The number of rotatable bonds is 9. The quantitative estimate of drug-likeness (QED) is 0.575. The number of carbonyl (C=O) groups is 2. The smallest absolute Gasteiger partial charge is 0.244 e. The fourth-order valence-corrected chi connectivity index (χ4v) is 4.29. The van der Waals surface area contributed by atoms with Gasteiger partial charge in [-0.2, -0.15) is 0 Å². The van der Waals surface area contributed by atoms with Crippen LogP contribution in [0.5, 0.6) is 11.5 Å². The first-order valence-corrected chi connectivity index (χ1v) is 12.5. The molecule has 0 aromatic heterocycles. The summed E-state index contributed by atoms with van der Waals surface area (Å²) in [5.41, 5.74) is 0.402. The van der Waals surface area contributed by atoms with Gasteiger partial charge in [-0.25, -0.2) is 12.8 Å². The highest BCUT2D eigenvalue weighted by Crippen LogP contribution is 2.36. The third-order valence-electron chi connectivity index (χ3n) is 5.22. The van der Waals surface area contributed by atoms with E-state index in [4.69, 9.17) is 9.47 Å². The second-order valence-electron chi connectivity index (χ2n) is 8.26. The topological polar surface area (TPSA) is 105 Å². The zero-order chi connectivity index (χ0) is 25.0. The molecule has 0 aliphatic carbocycles. The molecule has 184 valence electrons. The van der Waals surface area contributed by atoms with Crippen molar-refractivity contribution in [1.82, 2.24) is 10.2 Å². The number of halogens is 1. The van der Waals surface area contributed by atoms with Gasteiger partial charge in [0.25, 0.3) is 0 Å². The minimum atomic E-state index is -3.90. The Kier molecular flexibility index (Phi) is 7.65. The zero-order valence-corrected chi connectivity index (χ0v) is 20.3. The average molecular weight is 494 g/mol. The van der Waals surface area contributed by atoms with Crippen molar-refractivity contribution in [3.63, 3.8) is 0 Å². The number of nitrogens with one attached hydrogen (secondary N) is 1. The molecule has 0 unspecified atom stereocenters. The van der Waals surface area contributed by atoms with Gasteiger partial charge in [-0.15, -0.1) is 0 Å². The summed E-state index contributed by atoms with van der Waals surface area (Å²) in [5.74, 6) is -0.825. The number of fused-ring (bicyclic) bond motifs is 1. The Morgan fingerprint density at radius 1 is 1.09 bits per heavy atom. The van der Waals surface area contributed by atoms with Crippen LogP contribution < -0.4 is 19.1 Å². The summed E-state index contributed by atoms with van der Waals surface area (Å²) in [4.78, 5) is 27.3. The highest BCUT2D eigenvalue weighted by atomic mass is 32.2. The average Bonchev–Trinajstić information content (AvgIpc) is 3.23. The Bertz CT molecular complexity index is 1170. The summed E-state index contributed by atoms with van der Waals surface area (Å²) in [6.07, 6.45) is 0.973. The van der Waals surface area contributed by atoms with E-state index in [9.17, 15) is 22.4 Å². The van der Waals surface area contributed by atoms with Gasteiger partial charge < -0.3 is 19.7 Å². The maximum Gasteiger partial charge on any atom is 0.244 e. The van der Waals surface area contributed by atoms with E-state index in [0.29, 0.717) is 11.5 Å². The maximum absolute atomic E-state index is 14.4. The molecule has 1 heterocycles. The molecule has 0 saturated carbocycles. The van der Waals surface area contributed by atoms with Crippen LogP contribution in [0.4, 0.5) is 10.1 Å². The number of hydrogen-bond acceptors (Lipinski definition) is 6. The van der Waals surface area contributed by atoms with E-state index in [0.717, 1.165) is 10.6 Å². The Labute approximate surface area is 198 Å². The van der Waals surface area contributed by atoms with E-state index >= 15 is 0 Å². The molecule has 34 heavy (non-hydrogen) atoms. The van der Waals surface area contributed by atoms with Crippen LogP contribution in [0, 0.1) is 5.82 Å². The van der Waals surface area contributed by atoms with Crippen LogP contribution in [-0.4, -0.2) is 56.8 Å². The normalized spacial score (nSPS) is 13.5. The molecule has 2 aromatic carbocycles. The largest absolute Gasteiger partial charge is 0.454 e. The summed E-state index contributed by atoms with van der Waals surface area (Å²) in [5, 5.41) is 2.73. The minimum Gasteiger partial charge on any atom is -0.454 e. The van der Waals surface area contributed by atoms with Gasteiger partial charge in [0.2, 0.25) is 28.6 Å². The van der Waals surface area contributed by atoms with E-state index in [2.05, 4.69) is 5.32 Å². The van der Waals surface area contributed by atoms with Crippen LogP contribution in [0.2, 0.25) is 0 Å². The van der Waals surface area contributed by atoms with E-state index in [1.807, 2.05) is 0 Å². The van der Waals surface area contributed by atoms with Crippen molar-refractivity contribution in [3.05, 3.63) is 53.8 Å². The van der Waals surface area contributed by atoms with Crippen molar-refractivity contribution in [2.75, 3.05) is 23.9 Å². The molecule has 0 spiro atoms. The molecule has 2 amide bonds. The predicted molar refractivity (Wildman–Crippen MR) is 124 cm³/mol. The Balaban J connectivity index is 1.92. The van der Waals surface area contributed by atoms with Gasteiger partial charge in [0.05, 0.1) is 11.9 Å². The first-order valence-electron chi connectivity index (χ1n) is 10.7. The number of anilines is 1. The molecular formula is C23H28FN3O6S. The summed E-state index contributed by atoms with van der Waals surface area (Å²) >= 11 is 0. The van der Waals surface area contributed by atoms with Crippen LogP contribution in [0.3, 0.4) is 0 Å². The third kappa shape index (κ3) is 5.96. The van der Waals surface area contributed by atoms with Crippen LogP contribution in [0.1, 0.15) is 26.3 Å². The molecule has 1 aliphatic rings. The molecule has 1 atom stereocenters. The van der Waals surface area contributed by atoms with Gasteiger partial charge in [-0.1, -0.05) is 18.2 Å². The summed E-state index contributed by atoms with van der Waals surface area (Å²) in [7, 11) is -3.90. The standard InChI is InChI=1S/C23H28FN3O6S/c1-15(2)25-23(29)16(3)26(12-17-7-5-6-8-19(17)24)22(28)13-27(34(4,30)31)18-9-10-20-21(11-18)33-14-32-20/h5-11,15-16H,12-14H2,1-4H3,(H,25,29)/t16-/m1/s1. The highest BCUT2D eigenvalue weighted by molar-refractivity contribution is 7.92. The minimum absolute atomic E-state index is 0.00941. The summed E-state index contributed by atoms with van der Waals surface area (Å²) in [6.45, 7) is 4.28. The Morgan fingerprint density at radius 3 is 2.41 bits per heavy atom. The van der Waals surface area contributed by atoms with E-state index in [1.54, 1.807) is 26.0 Å². The Hall–Kier alpha value is -3.34. The lowest BCUT2D eigenvalue weighted by Gasteiger charge is -2.32. The second-order valence-corrected chi connectivity index (χ2v) is 10.2. The lowest BCUT2D eigenvalue weighted by molar-refractivity contribution is -0.139. The van der Waals surface area contributed by atoms with Gasteiger partial charge >= 0.3 is 0 Å². The van der Waals surface area contributed by atoms with Crippen LogP contribution in [-0.2, 0) is 26.2 Å². The second kappa shape index (κ2) is 10.3. The van der Waals surface area contributed by atoms with Gasteiger partial charge in [-0.05, 0) is 39.0 Å². The number of sulfonamides is 1. The number of carbonyl (C=O) groups excluding carboxylic acids is 2. The van der Waals surface area contributed by atoms with E-state index in [1.165, 1.54) is 42.2 Å². The predicted octanol–water partition coefficient (Wildman–Crippen LogP) is 2.26. The number of nitrogens with zero attached hydrogens (tertiary/aromatic N) is 2. The van der Waals surface area contributed by atoms with Crippen molar-refractivity contribution in [2.24, 2.45) is 0 Å². The molecule has 0 bridgehead atoms. The van der Waals surface area contributed by atoms with Crippen molar-refractivity contribution < 1.29 is 31.9 Å². The monoisotopic (exact) mass is 493 g/mol. The van der Waals surface area contributed by atoms with Crippen LogP contribution in [0.25, 0.3) is 0 Å². The Morgan fingerprint density at radius 2 is 1.76 bits per heavy atom. The molecule has 1 aliphatic heterocycles. The SMILES string of the molecule is CC(C)NC(=O)[C@@H](C)N(Cc1ccccc1F)C(=O)CN(c1ccc2c(c1)OCO2)S(C)(=O)=O. The summed E-state index contributed by atoms with van der Waals surface area (Å²) < 4.78 is 51.0. The number of benzene rings is 2. The molecule has 1 N–H and O–H groups in total. The van der Waals surface area contributed by atoms with E-state index < -0.39 is 40.2 Å². The number of hydrogen-bond donors (Lipinski definition) is 1. The van der Waals surface area contributed by atoms with Gasteiger partial charge in [0.1, 0.15) is 18.4 Å². The molecule has 0 radical (unpaired) electrons. The number of ether oxygens (including phenoxy) is 2. The van der Waals surface area contributed by atoms with Crippen LogP contribution in [0.15, 0.2) is 42.5 Å². The molecule has 0 fully saturated rings. The first-order chi connectivity index (χ1) is 16.0.